The molecule has 1 aliphatic heterocycles. The third kappa shape index (κ3) is 4.04. The van der Waals surface area contributed by atoms with Crippen molar-refractivity contribution in [1.82, 2.24) is 9.80 Å². The van der Waals surface area contributed by atoms with E-state index in [1.165, 1.54) is 17.0 Å². The molecule has 1 fully saturated rings. The number of carbonyl (C=O) groups is 2. The van der Waals surface area contributed by atoms with Gasteiger partial charge >= 0.3 is 0 Å². The summed E-state index contributed by atoms with van der Waals surface area (Å²) < 4.78 is 39.6. The molecule has 0 bridgehead atoms. The Labute approximate surface area is 148 Å². The summed E-state index contributed by atoms with van der Waals surface area (Å²) in [6, 6.07) is 8.56. The topological polar surface area (TPSA) is 40.6 Å². The second kappa shape index (κ2) is 7.59. The van der Waals surface area contributed by atoms with E-state index in [1.54, 1.807) is 17.0 Å². The number of hydrogen-bond donors (Lipinski definition) is 0. The zero-order valence-corrected chi connectivity index (χ0v) is 13.9. The van der Waals surface area contributed by atoms with E-state index in [9.17, 15) is 22.8 Å². The second-order valence-corrected chi connectivity index (χ2v) is 6.10. The van der Waals surface area contributed by atoms with Gasteiger partial charge in [0, 0.05) is 32.2 Å². The molecule has 0 atom stereocenters. The molecule has 0 aliphatic carbocycles. The van der Waals surface area contributed by atoms with E-state index in [1.807, 2.05) is 0 Å². The Morgan fingerprint density at radius 2 is 1.38 bits per heavy atom. The first-order valence-electron chi connectivity index (χ1n) is 8.20. The highest BCUT2D eigenvalue weighted by molar-refractivity contribution is 5.94. The summed E-state index contributed by atoms with van der Waals surface area (Å²) in [6.07, 6.45) is 0.154. The van der Waals surface area contributed by atoms with E-state index < -0.39 is 17.5 Å². The quantitative estimate of drug-likeness (QED) is 0.842. The largest absolute Gasteiger partial charge is 0.339 e. The van der Waals surface area contributed by atoms with Gasteiger partial charge in [-0.2, -0.15) is 0 Å². The Bertz CT molecular complexity index is 816. The second-order valence-electron chi connectivity index (χ2n) is 6.10. The Morgan fingerprint density at radius 3 is 2.00 bits per heavy atom. The minimum Gasteiger partial charge on any atom is -0.339 e. The van der Waals surface area contributed by atoms with Crippen LogP contribution in [-0.4, -0.2) is 47.8 Å². The minimum atomic E-state index is -0.898. The number of benzene rings is 2. The average molecular weight is 362 g/mol. The normalized spacial score (nSPS) is 14.4. The fourth-order valence-corrected chi connectivity index (χ4v) is 2.88. The standard InChI is InChI=1S/C19H17F3N2O2/c20-14-3-1-13(2-4-14)11-18(25)23-7-9-24(10-8-23)19(26)16-6-5-15(21)12-17(16)22/h1-6,12H,7-11H2. The Hall–Kier alpha value is -2.83. The van der Waals surface area contributed by atoms with Crippen LogP contribution in [-0.2, 0) is 11.2 Å². The molecule has 1 saturated heterocycles. The van der Waals surface area contributed by atoms with Gasteiger partial charge in [0.1, 0.15) is 17.5 Å². The van der Waals surface area contributed by atoms with Crippen LogP contribution in [0, 0.1) is 17.5 Å². The molecule has 0 unspecified atom stereocenters. The van der Waals surface area contributed by atoms with Gasteiger partial charge in [-0.3, -0.25) is 9.59 Å². The van der Waals surface area contributed by atoms with Crippen LogP contribution in [0.3, 0.4) is 0 Å². The first-order chi connectivity index (χ1) is 12.4. The SMILES string of the molecule is O=C(Cc1ccc(F)cc1)N1CCN(C(=O)c2ccc(F)cc2F)CC1. The fraction of sp³-hybridized carbons (Fsp3) is 0.263. The molecule has 7 heteroatoms. The summed E-state index contributed by atoms with van der Waals surface area (Å²) in [6.45, 7) is 1.19. The minimum absolute atomic E-state index is 0.114. The lowest BCUT2D eigenvalue weighted by molar-refractivity contribution is -0.131. The van der Waals surface area contributed by atoms with Gasteiger partial charge in [-0.1, -0.05) is 12.1 Å². The number of halogens is 3. The van der Waals surface area contributed by atoms with E-state index in [4.69, 9.17) is 0 Å². The van der Waals surface area contributed by atoms with Gasteiger partial charge in [-0.05, 0) is 29.8 Å². The lowest BCUT2D eigenvalue weighted by Crippen LogP contribution is -2.51. The van der Waals surface area contributed by atoms with Crippen molar-refractivity contribution in [3.05, 3.63) is 71.0 Å². The van der Waals surface area contributed by atoms with E-state index >= 15 is 0 Å². The van der Waals surface area contributed by atoms with Crippen molar-refractivity contribution in [2.45, 2.75) is 6.42 Å². The molecule has 2 aromatic carbocycles. The van der Waals surface area contributed by atoms with Crippen LogP contribution in [0.5, 0.6) is 0 Å². The number of amides is 2. The third-order valence-electron chi connectivity index (χ3n) is 4.35. The first-order valence-corrected chi connectivity index (χ1v) is 8.20. The molecule has 26 heavy (non-hydrogen) atoms. The van der Waals surface area contributed by atoms with Gasteiger partial charge in [-0.25, -0.2) is 13.2 Å². The van der Waals surface area contributed by atoms with E-state index in [0.717, 1.165) is 12.1 Å². The Balaban J connectivity index is 1.57. The van der Waals surface area contributed by atoms with Crippen LogP contribution >= 0.6 is 0 Å². The highest BCUT2D eigenvalue weighted by Gasteiger charge is 2.26. The zero-order valence-electron chi connectivity index (χ0n) is 13.9. The summed E-state index contributed by atoms with van der Waals surface area (Å²) >= 11 is 0. The van der Waals surface area contributed by atoms with Crippen molar-refractivity contribution in [1.29, 1.82) is 0 Å². The molecule has 4 nitrogen and oxygen atoms in total. The van der Waals surface area contributed by atoms with Crippen molar-refractivity contribution < 1.29 is 22.8 Å². The van der Waals surface area contributed by atoms with E-state index in [0.29, 0.717) is 24.7 Å². The number of rotatable bonds is 3. The van der Waals surface area contributed by atoms with Crippen molar-refractivity contribution in [2.75, 3.05) is 26.2 Å². The number of carbonyl (C=O) groups excluding carboxylic acids is 2. The number of nitrogens with zero attached hydrogens (tertiary/aromatic N) is 2. The van der Waals surface area contributed by atoms with Gasteiger partial charge in [-0.15, -0.1) is 0 Å². The van der Waals surface area contributed by atoms with Gasteiger partial charge in [0.05, 0.1) is 12.0 Å². The summed E-state index contributed by atoms with van der Waals surface area (Å²) in [5.41, 5.74) is 0.528. The van der Waals surface area contributed by atoms with Gasteiger partial charge in [0.2, 0.25) is 5.91 Å². The smallest absolute Gasteiger partial charge is 0.256 e. The van der Waals surface area contributed by atoms with Crippen molar-refractivity contribution >= 4 is 11.8 Å². The predicted octanol–water partition coefficient (Wildman–Crippen LogP) is 2.63. The van der Waals surface area contributed by atoms with Crippen LogP contribution < -0.4 is 0 Å². The molecular weight excluding hydrogens is 345 g/mol. The summed E-state index contributed by atoms with van der Waals surface area (Å²) in [5.74, 6) is -2.63. The van der Waals surface area contributed by atoms with Crippen molar-refractivity contribution in [3.63, 3.8) is 0 Å². The lowest BCUT2D eigenvalue weighted by atomic mass is 10.1. The van der Waals surface area contributed by atoms with E-state index in [2.05, 4.69) is 0 Å². The van der Waals surface area contributed by atoms with Crippen LogP contribution in [0.4, 0.5) is 13.2 Å². The molecule has 0 aromatic heterocycles. The molecule has 136 valence electrons. The zero-order chi connectivity index (χ0) is 18.7. The predicted molar refractivity (Wildman–Crippen MR) is 88.9 cm³/mol. The maximum atomic E-state index is 13.8. The molecule has 0 saturated carbocycles. The Morgan fingerprint density at radius 1 is 0.808 bits per heavy atom. The molecule has 2 aromatic rings. The molecule has 1 aliphatic rings. The fourth-order valence-electron chi connectivity index (χ4n) is 2.88. The van der Waals surface area contributed by atoms with E-state index in [-0.39, 0.29) is 36.8 Å². The lowest BCUT2D eigenvalue weighted by Gasteiger charge is -2.35. The van der Waals surface area contributed by atoms with Crippen LogP contribution in [0.25, 0.3) is 0 Å². The van der Waals surface area contributed by atoms with Crippen molar-refractivity contribution in [2.24, 2.45) is 0 Å². The highest BCUT2D eigenvalue weighted by Crippen LogP contribution is 2.15. The maximum absolute atomic E-state index is 13.8. The van der Waals surface area contributed by atoms with Crippen LogP contribution in [0.1, 0.15) is 15.9 Å². The number of hydrogen-bond acceptors (Lipinski definition) is 2. The molecular formula is C19H17F3N2O2. The summed E-state index contributed by atoms with van der Waals surface area (Å²) in [7, 11) is 0. The molecule has 0 N–H and O–H groups in total. The average Bonchev–Trinajstić information content (AvgIpc) is 2.63. The number of piperazine rings is 1. The highest BCUT2D eigenvalue weighted by atomic mass is 19.1. The Kier molecular flexibility index (Phi) is 5.25. The molecule has 0 radical (unpaired) electrons. The maximum Gasteiger partial charge on any atom is 0.256 e. The van der Waals surface area contributed by atoms with Crippen LogP contribution in [0.2, 0.25) is 0 Å². The first kappa shape index (κ1) is 18.0. The summed E-state index contributed by atoms with van der Waals surface area (Å²) in [5, 5.41) is 0. The van der Waals surface area contributed by atoms with Crippen molar-refractivity contribution in [3.8, 4) is 0 Å². The monoisotopic (exact) mass is 362 g/mol. The molecule has 1 heterocycles. The van der Waals surface area contributed by atoms with Gasteiger partial charge < -0.3 is 9.80 Å². The molecule has 3 rings (SSSR count). The molecule has 0 spiro atoms. The van der Waals surface area contributed by atoms with Crippen LogP contribution in [0.15, 0.2) is 42.5 Å². The molecule has 2 amide bonds. The van der Waals surface area contributed by atoms with Gasteiger partial charge in [0.15, 0.2) is 0 Å². The third-order valence-corrected chi connectivity index (χ3v) is 4.35. The summed E-state index contributed by atoms with van der Waals surface area (Å²) in [4.78, 5) is 27.7. The van der Waals surface area contributed by atoms with Gasteiger partial charge in [0.25, 0.3) is 5.91 Å².